The molecule has 7 heteroatoms. The summed E-state index contributed by atoms with van der Waals surface area (Å²) in [5.74, 6) is 0. The standard InChI is InChI=1S/C16H14BrN5O/c1-10(11-3-2-4-13(17)5-11)19-9-14-6-15(23)22-16(21-14)12(7-18)8-20-22/h2-6,8,10,19-20H,9H2,1H3. The van der Waals surface area contributed by atoms with E-state index >= 15 is 0 Å². The molecule has 0 spiro atoms. The van der Waals surface area contributed by atoms with Crippen LogP contribution in [0.2, 0.25) is 0 Å². The average Bonchev–Trinajstić information content (AvgIpc) is 2.96. The van der Waals surface area contributed by atoms with Gasteiger partial charge in [-0.15, -0.1) is 0 Å². The van der Waals surface area contributed by atoms with Crippen LogP contribution in [0.1, 0.15) is 29.8 Å². The maximum atomic E-state index is 12.0. The minimum Gasteiger partial charge on any atom is -0.305 e. The molecule has 1 atom stereocenters. The van der Waals surface area contributed by atoms with Gasteiger partial charge in [0.15, 0.2) is 5.65 Å². The zero-order valence-electron chi connectivity index (χ0n) is 12.4. The Hall–Kier alpha value is -2.43. The van der Waals surface area contributed by atoms with Gasteiger partial charge < -0.3 is 5.32 Å². The van der Waals surface area contributed by atoms with E-state index in [9.17, 15) is 4.79 Å². The highest BCUT2D eigenvalue weighted by atomic mass is 79.9. The van der Waals surface area contributed by atoms with Crippen LogP contribution in [-0.2, 0) is 6.54 Å². The molecule has 0 aliphatic rings. The summed E-state index contributed by atoms with van der Waals surface area (Å²) in [5, 5.41) is 15.1. The molecule has 6 nitrogen and oxygen atoms in total. The Kier molecular flexibility index (Phi) is 4.28. The Morgan fingerprint density at radius 1 is 1.48 bits per heavy atom. The highest BCUT2D eigenvalue weighted by molar-refractivity contribution is 9.10. The molecule has 1 aromatic carbocycles. The van der Waals surface area contributed by atoms with Gasteiger partial charge in [0.2, 0.25) is 0 Å². The number of fused-ring (bicyclic) bond motifs is 1. The van der Waals surface area contributed by atoms with Gasteiger partial charge in [0.05, 0.1) is 5.69 Å². The van der Waals surface area contributed by atoms with Crippen molar-refractivity contribution >= 4 is 21.6 Å². The first kappa shape index (κ1) is 15.5. The van der Waals surface area contributed by atoms with Gasteiger partial charge in [-0.2, -0.15) is 5.26 Å². The van der Waals surface area contributed by atoms with Crippen LogP contribution < -0.4 is 10.9 Å². The van der Waals surface area contributed by atoms with Gasteiger partial charge in [-0.1, -0.05) is 28.1 Å². The molecule has 1 unspecified atom stereocenters. The largest absolute Gasteiger partial charge is 0.305 e. The zero-order chi connectivity index (χ0) is 16.4. The minimum absolute atomic E-state index is 0.106. The highest BCUT2D eigenvalue weighted by Gasteiger charge is 2.10. The second-order valence-corrected chi connectivity index (χ2v) is 6.12. The van der Waals surface area contributed by atoms with Gasteiger partial charge >= 0.3 is 0 Å². The molecule has 0 amide bonds. The quantitative estimate of drug-likeness (QED) is 0.737. The third-order valence-corrected chi connectivity index (χ3v) is 4.10. The van der Waals surface area contributed by atoms with Crippen molar-refractivity contribution in [2.24, 2.45) is 0 Å². The van der Waals surface area contributed by atoms with Crippen molar-refractivity contribution in [3.05, 3.63) is 68.2 Å². The van der Waals surface area contributed by atoms with Gasteiger partial charge in [-0.3, -0.25) is 9.89 Å². The van der Waals surface area contributed by atoms with E-state index in [1.165, 1.54) is 16.8 Å². The fraction of sp³-hybridized carbons (Fsp3) is 0.188. The Labute approximate surface area is 140 Å². The molecule has 3 aromatic rings. The van der Waals surface area contributed by atoms with E-state index in [0.29, 0.717) is 23.4 Å². The maximum absolute atomic E-state index is 12.0. The summed E-state index contributed by atoms with van der Waals surface area (Å²) >= 11 is 3.46. The van der Waals surface area contributed by atoms with E-state index < -0.39 is 0 Å². The van der Waals surface area contributed by atoms with Gasteiger partial charge in [-0.05, 0) is 24.6 Å². The van der Waals surface area contributed by atoms with Crippen molar-refractivity contribution in [3.63, 3.8) is 0 Å². The van der Waals surface area contributed by atoms with Crippen molar-refractivity contribution in [2.75, 3.05) is 0 Å². The molecule has 2 aromatic heterocycles. The number of H-pyrrole nitrogens is 1. The van der Waals surface area contributed by atoms with Crippen LogP contribution in [0.25, 0.3) is 5.65 Å². The summed E-state index contributed by atoms with van der Waals surface area (Å²) < 4.78 is 2.28. The summed E-state index contributed by atoms with van der Waals surface area (Å²) in [5.41, 5.74) is 2.21. The van der Waals surface area contributed by atoms with E-state index in [1.807, 2.05) is 37.3 Å². The SMILES string of the molecule is CC(NCc1cc(=O)n2[nH]cc(C#N)c2n1)c1cccc(Br)c1. The molecule has 2 N–H and O–H groups in total. The molecule has 0 saturated carbocycles. The molecular weight excluding hydrogens is 358 g/mol. The van der Waals surface area contributed by atoms with Crippen LogP contribution in [0.3, 0.4) is 0 Å². The number of nitrogens with one attached hydrogen (secondary N) is 2. The topological polar surface area (TPSA) is 86.0 Å². The van der Waals surface area contributed by atoms with Gasteiger partial charge in [-0.25, -0.2) is 9.50 Å². The van der Waals surface area contributed by atoms with Gasteiger partial charge in [0.1, 0.15) is 11.6 Å². The van der Waals surface area contributed by atoms with Crippen LogP contribution in [0.5, 0.6) is 0 Å². The van der Waals surface area contributed by atoms with Crippen molar-refractivity contribution in [1.29, 1.82) is 5.26 Å². The summed E-state index contributed by atoms with van der Waals surface area (Å²) in [4.78, 5) is 16.4. The molecule has 0 fully saturated rings. The molecule has 0 bridgehead atoms. The fourth-order valence-electron chi connectivity index (χ4n) is 2.35. The van der Waals surface area contributed by atoms with Crippen LogP contribution in [0, 0.1) is 11.3 Å². The normalized spacial score (nSPS) is 12.2. The molecule has 0 aliphatic carbocycles. The first-order chi connectivity index (χ1) is 11.1. The Balaban J connectivity index is 1.82. The number of hydrogen-bond acceptors (Lipinski definition) is 4. The second kappa shape index (κ2) is 6.36. The van der Waals surface area contributed by atoms with E-state index in [0.717, 1.165) is 10.0 Å². The smallest absolute Gasteiger partial charge is 0.272 e. The summed E-state index contributed by atoms with van der Waals surface area (Å²) in [6, 6.07) is 11.6. The predicted octanol–water partition coefficient (Wildman–Crippen LogP) is 2.51. The molecule has 0 saturated heterocycles. The van der Waals surface area contributed by atoms with Crippen LogP contribution >= 0.6 is 15.9 Å². The number of aromatic amines is 1. The highest BCUT2D eigenvalue weighted by Crippen LogP contribution is 2.18. The second-order valence-electron chi connectivity index (χ2n) is 5.20. The Morgan fingerprint density at radius 2 is 2.30 bits per heavy atom. The lowest BCUT2D eigenvalue weighted by molar-refractivity contribution is 0.567. The predicted molar refractivity (Wildman–Crippen MR) is 89.9 cm³/mol. The number of aromatic nitrogens is 3. The lowest BCUT2D eigenvalue weighted by atomic mass is 10.1. The minimum atomic E-state index is -0.233. The number of rotatable bonds is 4. The summed E-state index contributed by atoms with van der Waals surface area (Å²) in [6.45, 7) is 2.49. The van der Waals surface area contributed by atoms with Crippen LogP contribution in [0.4, 0.5) is 0 Å². The van der Waals surface area contributed by atoms with E-state index in [2.05, 4.69) is 31.3 Å². The summed E-state index contributed by atoms with van der Waals surface area (Å²) in [7, 11) is 0. The van der Waals surface area contributed by atoms with E-state index in [-0.39, 0.29) is 11.6 Å². The Bertz CT molecular complexity index is 953. The van der Waals surface area contributed by atoms with E-state index in [4.69, 9.17) is 5.26 Å². The van der Waals surface area contributed by atoms with Gasteiger partial charge in [0.25, 0.3) is 5.56 Å². The van der Waals surface area contributed by atoms with Crippen LogP contribution in [-0.4, -0.2) is 14.6 Å². The summed E-state index contributed by atoms with van der Waals surface area (Å²) in [6.07, 6.45) is 1.48. The lowest BCUT2D eigenvalue weighted by Crippen LogP contribution is -2.22. The van der Waals surface area contributed by atoms with Gasteiger partial charge in [0, 0.05) is 29.3 Å². The molecule has 0 aliphatic heterocycles. The molecular formula is C16H14BrN5O. The number of hydrogen-bond donors (Lipinski definition) is 2. The first-order valence-electron chi connectivity index (χ1n) is 7.07. The Morgan fingerprint density at radius 3 is 3.04 bits per heavy atom. The lowest BCUT2D eigenvalue weighted by Gasteiger charge is -2.14. The first-order valence-corrected chi connectivity index (χ1v) is 7.87. The third kappa shape index (κ3) is 3.18. The zero-order valence-corrected chi connectivity index (χ0v) is 14.0. The number of nitriles is 1. The van der Waals surface area contributed by atoms with Crippen molar-refractivity contribution in [3.8, 4) is 6.07 Å². The number of halogens is 1. The molecule has 0 radical (unpaired) electrons. The molecule has 23 heavy (non-hydrogen) atoms. The fourth-order valence-corrected chi connectivity index (χ4v) is 2.77. The van der Waals surface area contributed by atoms with E-state index in [1.54, 1.807) is 0 Å². The molecule has 3 rings (SSSR count). The third-order valence-electron chi connectivity index (χ3n) is 3.61. The van der Waals surface area contributed by atoms with Crippen molar-refractivity contribution in [1.82, 2.24) is 19.9 Å². The average molecular weight is 372 g/mol. The monoisotopic (exact) mass is 371 g/mol. The van der Waals surface area contributed by atoms with Crippen molar-refractivity contribution < 1.29 is 0 Å². The molecule has 116 valence electrons. The molecule has 2 heterocycles. The maximum Gasteiger partial charge on any atom is 0.272 e. The van der Waals surface area contributed by atoms with Crippen molar-refractivity contribution in [2.45, 2.75) is 19.5 Å². The number of nitrogens with zero attached hydrogens (tertiary/aromatic N) is 3. The van der Waals surface area contributed by atoms with Crippen LogP contribution in [0.15, 0.2) is 45.8 Å². The number of benzene rings is 1.